The van der Waals surface area contributed by atoms with Gasteiger partial charge in [-0.1, -0.05) is 37.3 Å². The second kappa shape index (κ2) is 8.26. The highest BCUT2D eigenvalue weighted by molar-refractivity contribution is 5.93. The number of pyridine rings is 1. The smallest absolute Gasteiger partial charge is 0.270 e. The minimum atomic E-state index is -0.772. The monoisotopic (exact) mass is 447 g/mol. The number of hydrogen-bond donors (Lipinski definition) is 2. The zero-order chi connectivity index (χ0) is 23.1. The first-order valence-corrected chi connectivity index (χ1v) is 11.3. The molecule has 8 heteroatoms. The van der Waals surface area contributed by atoms with Gasteiger partial charge in [-0.2, -0.15) is 0 Å². The fraction of sp³-hybridized carbons (Fsp3) is 0.440. The summed E-state index contributed by atoms with van der Waals surface area (Å²) in [6.07, 6.45) is 4.05. The van der Waals surface area contributed by atoms with E-state index in [1.165, 1.54) is 0 Å². The van der Waals surface area contributed by atoms with Gasteiger partial charge in [0, 0.05) is 28.8 Å². The predicted molar refractivity (Wildman–Crippen MR) is 123 cm³/mol. The molecule has 1 saturated carbocycles. The van der Waals surface area contributed by atoms with Crippen molar-refractivity contribution >= 4 is 5.91 Å². The number of carbonyl (C=O) groups is 1. The van der Waals surface area contributed by atoms with E-state index in [2.05, 4.69) is 32.4 Å². The molecule has 33 heavy (non-hydrogen) atoms. The number of nitrogens with zero attached hydrogens (tertiary/aromatic N) is 3. The van der Waals surface area contributed by atoms with Gasteiger partial charge in [0.05, 0.1) is 25.4 Å². The molecular formula is C25H29N5O3. The summed E-state index contributed by atoms with van der Waals surface area (Å²) in [5, 5.41) is 11.5. The molecule has 1 saturated heterocycles. The maximum atomic E-state index is 13.1. The number of nitrogens with one attached hydrogen (secondary N) is 2. The van der Waals surface area contributed by atoms with E-state index in [4.69, 9.17) is 9.47 Å². The largest absolute Gasteiger partial charge is 0.492 e. The van der Waals surface area contributed by atoms with Gasteiger partial charge in [-0.25, -0.2) is 0 Å². The van der Waals surface area contributed by atoms with Crippen LogP contribution in [0.25, 0.3) is 11.4 Å². The lowest BCUT2D eigenvalue weighted by Crippen LogP contribution is -2.44. The summed E-state index contributed by atoms with van der Waals surface area (Å²) in [5.74, 6) is 2.15. The summed E-state index contributed by atoms with van der Waals surface area (Å²) in [6.45, 7) is 7.86. The second-order valence-electron chi connectivity index (χ2n) is 9.94. The van der Waals surface area contributed by atoms with Crippen LogP contribution in [0.4, 0.5) is 0 Å². The van der Waals surface area contributed by atoms with Crippen LogP contribution in [0.15, 0.2) is 42.6 Å². The summed E-state index contributed by atoms with van der Waals surface area (Å²) < 4.78 is 11.5. The van der Waals surface area contributed by atoms with Gasteiger partial charge >= 0.3 is 0 Å². The van der Waals surface area contributed by atoms with E-state index in [0.29, 0.717) is 43.1 Å². The molecular weight excluding hydrogens is 418 g/mol. The number of benzene rings is 1. The Morgan fingerprint density at radius 2 is 2.00 bits per heavy atom. The Labute approximate surface area is 193 Å². The zero-order valence-electron chi connectivity index (χ0n) is 19.2. The van der Waals surface area contributed by atoms with Gasteiger partial charge in [0.1, 0.15) is 11.4 Å². The lowest BCUT2D eigenvalue weighted by atomic mass is 9.90. The van der Waals surface area contributed by atoms with Gasteiger partial charge in [0.2, 0.25) is 0 Å². The Kier molecular flexibility index (Phi) is 5.40. The minimum Gasteiger partial charge on any atom is -0.492 e. The Morgan fingerprint density at radius 1 is 1.24 bits per heavy atom. The number of aromatic amines is 1. The minimum absolute atomic E-state index is 0.0251. The van der Waals surface area contributed by atoms with Crippen LogP contribution in [0, 0.1) is 5.41 Å². The van der Waals surface area contributed by atoms with Crippen molar-refractivity contribution < 1.29 is 14.3 Å². The average Bonchev–Trinajstić information content (AvgIpc) is 3.51. The van der Waals surface area contributed by atoms with Gasteiger partial charge in [0.15, 0.2) is 11.6 Å². The summed E-state index contributed by atoms with van der Waals surface area (Å²) in [5.41, 5.74) is 1.59. The van der Waals surface area contributed by atoms with Crippen LogP contribution >= 0.6 is 0 Å². The predicted octanol–water partition coefficient (Wildman–Crippen LogP) is 3.82. The first-order chi connectivity index (χ1) is 15.8. The van der Waals surface area contributed by atoms with Crippen molar-refractivity contribution in [3.63, 3.8) is 0 Å². The number of aromatic nitrogens is 4. The third kappa shape index (κ3) is 4.61. The first kappa shape index (κ1) is 21.6. The Balaban J connectivity index is 1.32. The van der Waals surface area contributed by atoms with Crippen molar-refractivity contribution in [2.24, 2.45) is 5.41 Å². The molecule has 2 aliphatic rings. The fourth-order valence-corrected chi connectivity index (χ4v) is 3.86. The van der Waals surface area contributed by atoms with Crippen molar-refractivity contribution in [1.29, 1.82) is 0 Å². The molecule has 2 N–H and O–H groups in total. The maximum absolute atomic E-state index is 13.1. The molecule has 1 aliphatic heterocycles. The number of ether oxygens (including phenoxy) is 2. The van der Waals surface area contributed by atoms with Crippen LogP contribution in [0.1, 0.15) is 61.4 Å². The lowest BCUT2D eigenvalue weighted by molar-refractivity contribution is -0.120. The van der Waals surface area contributed by atoms with Crippen LogP contribution in [0.5, 0.6) is 5.75 Å². The zero-order valence-corrected chi connectivity index (χ0v) is 19.2. The molecule has 0 bridgehead atoms. The summed E-state index contributed by atoms with van der Waals surface area (Å²) in [4.78, 5) is 20.8. The van der Waals surface area contributed by atoms with Gasteiger partial charge in [-0.15, -0.1) is 10.2 Å². The molecule has 1 aliphatic carbocycles. The highest BCUT2D eigenvalue weighted by Gasteiger charge is 2.36. The number of amides is 1. The van der Waals surface area contributed by atoms with E-state index >= 15 is 0 Å². The standard InChI is InChI=1S/C25H29N5O3/c1-24(2,23-27-21(29-30-23)17-7-5-4-6-8-17)28-22(31)19-11-20(18(12-26-19)16-9-10-16)33-15-25(3)13-32-14-25/h4-8,11-12,16H,9-10,13-15H2,1-3H3,(H,28,31)(H,27,29,30). The van der Waals surface area contributed by atoms with Crippen molar-refractivity contribution in [1.82, 2.24) is 25.5 Å². The van der Waals surface area contributed by atoms with E-state index in [-0.39, 0.29) is 11.3 Å². The molecule has 1 aromatic carbocycles. The van der Waals surface area contributed by atoms with Crippen molar-refractivity contribution in [2.45, 2.75) is 45.1 Å². The number of carbonyl (C=O) groups excluding carboxylic acids is 1. The molecule has 0 spiro atoms. The molecule has 2 fully saturated rings. The number of hydrogen-bond acceptors (Lipinski definition) is 6. The van der Waals surface area contributed by atoms with Gasteiger partial charge in [-0.3, -0.25) is 9.78 Å². The second-order valence-corrected chi connectivity index (χ2v) is 9.94. The quantitative estimate of drug-likeness (QED) is 0.544. The highest BCUT2D eigenvalue weighted by Crippen LogP contribution is 2.44. The van der Waals surface area contributed by atoms with Gasteiger partial charge < -0.3 is 19.8 Å². The van der Waals surface area contributed by atoms with Gasteiger partial charge in [0.25, 0.3) is 5.91 Å². The van der Waals surface area contributed by atoms with E-state index < -0.39 is 5.54 Å². The van der Waals surface area contributed by atoms with Crippen molar-refractivity contribution in [3.8, 4) is 17.1 Å². The molecule has 0 radical (unpaired) electrons. The number of rotatable bonds is 8. The Morgan fingerprint density at radius 3 is 2.67 bits per heavy atom. The average molecular weight is 448 g/mol. The molecule has 3 aromatic rings. The molecule has 0 unspecified atom stereocenters. The third-order valence-corrected chi connectivity index (χ3v) is 6.17. The van der Waals surface area contributed by atoms with Crippen LogP contribution in [0.3, 0.4) is 0 Å². The molecule has 8 nitrogen and oxygen atoms in total. The SMILES string of the molecule is CC1(COc2cc(C(=O)NC(C)(C)c3nnc(-c4ccccc4)[nH]3)ncc2C2CC2)COC1. The molecule has 0 atom stereocenters. The fourth-order valence-electron chi connectivity index (χ4n) is 3.86. The van der Waals surface area contributed by atoms with Crippen LogP contribution < -0.4 is 10.1 Å². The van der Waals surface area contributed by atoms with E-state index in [1.54, 1.807) is 12.3 Å². The van der Waals surface area contributed by atoms with E-state index in [1.807, 2.05) is 44.2 Å². The molecule has 172 valence electrons. The first-order valence-electron chi connectivity index (χ1n) is 11.3. The Bertz CT molecular complexity index is 1150. The van der Waals surface area contributed by atoms with Crippen LogP contribution in [-0.4, -0.2) is 45.9 Å². The van der Waals surface area contributed by atoms with Crippen LogP contribution in [0.2, 0.25) is 0 Å². The molecule has 5 rings (SSSR count). The van der Waals surface area contributed by atoms with Gasteiger partial charge in [-0.05, 0) is 32.6 Å². The molecule has 2 aromatic heterocycles. The van der Waals surface area contributed by atoms with Crippen molar-refractivity contribution in [2.75, 3.05) is 19.8 Å². The summed E-state index contributed by atoms with van der Waals surface area (Å²) >= 11 is 0. The summed E-state index contributed by atoms with van der Waals surface area (Å²) in [6, 6.07) is 11.5. The topological polar surface area (TPSA) is 102 Å². The Hall–Kier alpha value is -3.26. The third-order valence-electron chi connectivity index (χ3n) is 6.17. The summed E-state index contributed by atoms with van der Waals surface area (Å²) in [7, 11) is 0. The number of H-pyrrole nitrogens is 1. The molecule has 1 amide bonds. The lowest BCUT2D eigenvalue weighted by Gasteiger charge is -2.37. The van der Waals surface area contributed by atoms with Crippen LogP contribution in [-0.2, 0) is 10.3 Å². The molecule has 3 heterocycles. The highest BCUT2D eigenvalue weighted by atomic mass is 16.5. The maximum Gasteiger partial charge on any atom is 0.270 e. The van der Waals surface area contributed by atoms with Crippen molar-refractivity contribution in [3.05, 3.63) is 59.7 Å². The van der Waals surface area contributed by atoms with E-state index in [0.717, 1.165) is 29.7 Å². The van der Waals surface area contributed by atoms with E-state index in [9.17, 15) is 4.79 Å². The normalized spacial score (nSPS) is 17.3.